The minimum absolute atomic E-state index is 0.219. The van der Waals surface area contributed by atoms with E-state index < -0.39 is 16.1 Å². The van der Waals surface area contributed by atoms with Gasteiger partial charge < -0.3 is 10.1 Å². The van der Waals surface area contributed by atoms with E-state index in [2.05, 4.69) is 10.2 Å². The first-order chi connectivity index (χ1) is 14.9. The van der Waals surface area contributed by atoms with Crippen molar-refractivity contribution in [3.63, 3.8) is 0 Å². The van der Waals surface area contributed by atoms with Crippen molar-refractivity contribution in [1.82, 2.24) is 14.5 Å². The normalized spacial score (nSPS) is 22.5. The molecule has 3 aliphatic rings. The number of nitrogens with one attached hydrogen (secondary N) is 1. The second-order valence-corrected chi connectivity index (χ2v) is 10.2. The molecule has 4 rings (SSSR count). The van der Waals surface area contributed by atoms with Gasteiger partial charge in [0, 0.05) is 58.3 Å². The molecule has 1 aromatic rings. The van der Waals surface area contributed by atoms with Crippen molar-refractivity contribution in [2.24, 2.45) is 0 Å². The van der Waals surface area contributed by atoms with Gasteiger partial charge in [0.05, 0.1) is 18.1 Å². The summed E-state index contributed by atoms with van der Waals surface area (Å²) in [5, 5.41) is 2.94. The number of benzene rings is 1. The minimum Gasteiger partial charge on any atom is -0.379 e. The van der Waals surface area contributed by atoms with Crippen LogP contribution in [-0.4, -0.2) is 88.0 Å². The van der Waals surface area contributed by atoms with Crippen LogP contribution in [0.15, 0.2) is 23.1 Å². The fourth-order valence-corrected chi connectivity index (χ4v) is 6.11. The Labute approximate surface area is 183 Å². The molecule has 10 heteroatoms. The first-order valence-electron chi connectivity index (χ1n) is 10.9. The molecule has 2 fully saturated rings. The molecule has 0 unspecified atom stereocenters. The molecule has 0 aromatic heterocycles. The highest BCUT2D eigenvalue weighted by atomic mass is 32.2. The number of carbonyl (C=O) groups is 2. The standard InChI is InChI=1S/C21H30N4O5S/c1-16(26)25-19-5-4-18(31(28,29)24-7-2-3-8-24)14-17(19)15-20(25)21(27)22-6-9-23-10-12-30-13-11-23/h4-5,14,20H,2-3,6-13,15H2,1H3,(H,22,27)/t20-/m0/s1. The molecule has 0 spiro atoms. The van der Waals surface area contributed by atoms with Gasteiger partial charge >= 0.3 is 0 Å². The topological polar surface area (TPSA) is 99.3 Å². The summed E-state index contributed by atoms with van der Waals surface area (Å²) < 4.78 is 32.7. The van der Waals surface area contributed by atoms with Gasteiger partial charge in [-0.15, -0.1) is 0 Å². The summed E-state index contributed by atoms with van der Waals surface area (Å²) in [4.78, 5) is 29.2. The van der Waals surface area contributed by atoms with Crippen LogP contribution >= 0.6 is 0 Å². The zero-order valence-electron chi connectivity index (χ0n) is 17.9. The Kier molecular flexibility index (Phi) is 6.61. The van der Waals surface area contributed by atoms with E-state index in [1.54, 1.807) is 18.2 Å². The third kappa shape index (κ3) is 4.62. The van der Waals surface area contributed by atoms with E-state index >= 15 is 0 Å². The van der Waals surface area contributed by atoms with Gasteiger partial charge in [-0.25, -0.2) is 8.42 Å². The van der Waals surface area contributed by atoms with E-state index in [1.165, 1.54) is 16.1 Å². The molecular weight excluding hydrogens is 420 g/mol. The van der Waals surface area contributed by atoms with Crippen LogP contribution in [0.3, 0.4) is 0 Å². The summed E-state index contributed by atoms with van der Waals surface area (Å²) in [6.45, 7) is 6.81. The van der Waals surface area contributed by atoms with Crippen LogP contribution in [0.1, 0.15) is 25.3 Å². The Bertz CT molecular complexity index is 939. The number of carbonyl (C=O) groups excluding carboxylic acids is 2. The number of ether oxygens (including phenoxy) is 1. The second-order valence-electron chi connectivity index (χ2n) is 8.26. The lowest BCUT2D eigenvalue weighted by Gasteiger charge is -2.27. The third-order valence-electron chi connectivity index (χ3n) is 6.21. The van der Waals surface area contributed by atoms with Crippen LogP contribution in [0.4, 0.5) is 5.69 Å². The minimum atomic E-state index is -3.55. The van der Waals surface area contributed by atoms with Crippen LogP contribution in [0.2, 0.25) is 0 Å². The largest absolute Gasteiger partial charge is 0.379 e. The number of anilines is 1. The van der Waals surface area contributed by atoms with E-state index in [0.29, 0.717) is 50.5 Å². The van der Waals surface area contributed by atoms with E-state index in [0.717, 1.165) is 32.5 Å². The average Bonchev–Trinajstić information content (AvgIpc) is 3.42. The van der Waals surface area contributed by atoms with Crippen molar-refractivity contribution in [2.75, 3.05) is 57.4 Å². The lowest BCUT2D eigenvalue weighted by atomic mass is 10.1. The van der Waals surface area contributed by atoms with Crippen molar-refractivity contribution in [3.05, 3.63) is 23.8 Å². The SMILES string of the molecule is CC(=O)N1c2ccc(S(=O)(=O)N3CCCC3)cc2C[C@H]1C(=O)NCCN1CCOCC1. The quantitative estimate of drug-likeness (QED) is 0.665. The van der Waals surface area contributed by atoms with Crippen molar-refractivity contribution in [3.8, 4) is 0 Å². The van der Waals surface area contributed by atoms with Gasteiger partial charge in [0.15, 0.2) is 0 Å². The molecule has 31 heavy (non-hydrogen) atoms. The smallest absolute Gasteiger partial charge is 0.243 e. The fraction of sp³-hybridized carbons (Fsp3) is 0.619. The molecule has 2 amide bonds. The first kappa shape index (κ1) is 22.2. The van der Waals surface area contributed by atoms with Gasteiger partial charge in [-0.05, 0) is 36.6 Å². The van der Waals surface area contributed by atoms with E-state index in [-0.39, 0.29) is 16.7 Å². The highest BCUT2D eigenvalue weighted by Gasteiger charge is 2.38. The maximum absolute atomic E-state index is 12.9. The number of fused-ring (bicyclic) bond motifs is 1. The van der Waals surface area contributed by atoms with E-state index in [1.807, 2.05) is 0 Å². The number of amides is 2. The van der Waals surface area contributed by atoms with E-state index in [4.69, 9.17) is 4.74 Å². The number of nitrogens with zero attached hydrogens (tertiary/aromatic N) is 3. The van der Waals surface area contributed by atoms with Gasteiger partial charge in [0.2, 0.25) is 21.8 Å². The average molecular weight is 451 g/mol. The predicted octanol–water partition coefficient (Wildman–Crippen LogP) is 0.197. The molecule has 0 saturated carbocycles. The van der Waals surface area contributed by atoms with Gasteiger partial charge in [-0.1, -0.05) is 0 Å². The zero-order valence-corrected chi connectivity index (χ0v) is 18.7. The van der Waals surface area contributed by atoms with Crippen molar-refractivity contribution in [2.45, 2.75) is 37.1 Å². The van der Waals surface area contributed by atoms with Gasteiger partial charge in [-0.3, -0.25) is 19.4 Å². The molecule has 0 aliphatic carbocycles. The molecule has 9 nitrogen and oxygen atoms in total. The van der Waals surface area contributed by atoms with Crippen LogP contribution in [0.25, 0.3) is 0 Å². The van der Waals surface area contributed by atoms with Crippen LogP contribution in [-0.2, 0) is 30.8 Å². The number of morpholine rings is 1. The number of hydrogen-bond donors (Lipinski definition) is 1. The summed E-state index contributed by atoms with van der Waals surface area (Å²) in [5.41, 5.74) is 1.32. The molecule has 0 radical (unpaired) electrons. The monoisotopic (exact) mass is 450 g/mol. The Morgan fingerprint density at radius 1 is 1.13 bits per heavy atom. The molecule has 3 heterocycles. The van der Waals surface area contributed by atoms with Crippen molar-refractivity contribution < 1.29 is 22.7 Å². The van der Waals surface area contributed by atoms with Crippen LogP contribution < -0.4 is 10.2 Å². The van der Waals surface area contributed by atoms with E-state index in [9.17, 15) is 18.0 Å². The molecular formula is C21H30N4O5S. The molecule has 1 N–H and O–H groups in total. The molecule has 170 valence electrons. The molecule has 2 saturated heterocycles. The molecule has 3 aliphatic heterocycles. The summed E-state index contributed by atoms with van der Waals surface area (Å²) >= 11 is 0. The highest BCUT2D eigenvalue weighted by Crippen LogP contribution is 2.35. The fourth-order valence-electron chi connectivity index (χ4n) is 4.54. The summed E-state index contributed by atoms with van der Waals surface area (Å²) in [7, 11) is -3.55. The summed E-state index contributed by atoms with van der Waals surface area (Å²) in [5.74, 6) is -0.453. The Morgan fingerprint density at radius 3 is 2.52 bits per heavy atom. The number of hydrogen-bond acceptors (Lipinski definition) is 6. The molecule has 1 aromatic carbocycles. The van der Waals surface area contributed by atoms with Gasteiger partial charge in [0.25, 0.3) is 0 Å². The highest BCUT2D eigenvalue weighted by molar-refractivity contribution is 7.89. The molecule has 0 bridgehead atoms. The lowest BCUT2D eigenvalue weighted by Crippen LogP contribution is -2.49. The van der Waals surface area contributed by atoms with Crippen LogP contribution in [0, 0.1) is 0 Å². The second kappa shape index (κ2) is 9.23. The maximum Gasteiger partial charge on any atom is 0.243 e. The van der Waals surface area contributed by atoms with Gasteiger partial charge in [0.1, 0.15) is 6.04 Å². The zero-order chi connectivity index (χ0) is 22.0. The number of rotatable bonds is 6. The third-order valence-corrected chi connectivity index (χ3v) is 8.11. The predicted molar refractivity (Wildman–Crippen MR) is 115 cm³/mol. The molecule has 1 atom stereocenters. The Morgan fingerprint density at radius 2 is 1.84 bits per heavy atom. The van der Waals surface area contributed by atoms with Crippen molar-refractivity contribution in [1.29, 1.82) is 0 Å². The van der Waals surface area contributed by atoms with Crippen LogP contribution in [0.5, 0.6) is 0 Å². The number of sulfonamides is 1. The lowest BCUT2D eigenvalue weighted by molar-refractivity contribution is -0.125. The van der Waals surface area contributed by atoms with Gasteiger partial charge in [-0.2, -0.15) is 4.31 Å². The summed E-state index contributed by atoms with van der Waals surface area (Å²) in [6.07, 6.45) is 2.05. The Balaban J connectivity index is 1.46. The first-order valence-corrected chi connectivity index (χ1v) is 12.3. The summed E-state index contributed by atoms with van der Waals surface area (Å²) in [6, 6.07) is 4.16. The maximum atomic E-state index is 12.9. The Hall–Kier alpha value is -2.01. The van der Waals surface area contributed by atoms with Crippen molar-refractivity contribution >= 4 is 27.5 Å².